The van der Waals surface area contributed by atoms with E-state index in [1.807, 2.05) is 13.0 Å². The minimum atomic E-state index is -0.576. The molecule has 1 saturated heterocycles. The Labute approximate surface area is 86.3 Å². The number of hydrogen-bond donors (Lipinski definition) is 0. The molecule has 0 aliphatic carbocycles. The zero-order valence-electron chi connectivity index (χ0n) is 9.38. The van der Waals surface area contributed by atoms with E-state index in [2.05, 4.69) is 20.4 Å². The summed E-state index contributed by atoms with van der Waals surface area (Å²) in [6.45, 7) is 9.90. The molecule has 1 rings (SSSR count). The number of hydrogen-bond acceptors (Lipinski definition) is 2. The lowest BCUT2D eigenvalue weighted by molar-refractivity contribution is -0.144. The van der Waals surface area contributed by atoms with Gasteiger partial charge in [-0.3, -0.25) is 0 Å². The second-order valence-corrected chi connectivity index (χ2v) is 4.74. The van der Waals surface area contributed by atoms with Gasteiger partial charge in [0.05, 0.1) is 5.60 Å². The van der Waals surface area contributed by atoms with Crippen LogP contribution in [0.25, 0.3) is 0 Å². The molecule has 2 atom stereocenters. The molecule has 0 N–H and O–H groups in total. The Balaban J connectivity index is 2.83. The second kappa shape index (κ2) is 3.85. The molecule has 0 unspecified atom stereocenters. The quantitative estimate of drug-likeness (QED) is 0.510. The summed E-state index contributed by atoms with van der Waals surface area (Å²) in [5.74, 6) is 0.419. The summed E-state index contributed by atoms with van der Waals surface area (Å²) in [5, 5.41) is 0. The van der Waals surface area contributed by atoms with Gasteiger partial charge in [-0.1, -0.05) is 19.9 Å². The number of rotatable bonds is 4. The van der Waals surface area contributed by atoms with Crippen LogP contribution in [0.4, 0.5) is 0 Å². The Morgan fingerprint density at radius 2 is 2.14 bits per heavy atom. The summed E-state index contributed by atoms with van der Waals surface area (Å²) in [7, 11) is 0. The third-order valence-electron chi connectivity index (χ3n) is 3.27. The Morgan fingerprint density at radius 1 is 1.50 bits per heavy atom. The maximum absolute atomic E-state index is 10.9. The van der Waals surface area contributed by atoms with E-state index in [0.29, 0.717) is 5.92 Å². The maximum Gasteiger partial charge on any atom is 0.151 e. The average Bonchev–Trinajstić information content (AvgIpc) is 2.47. The second-order valence-electron chi connectivity index (χ2n) is 4.74. The minimum absolute atomic E-state index is 0.169. The first-order valence-corrected chi connectivity index (χ1v) is 5.25. The average molecular weight is 196 g/mol. The van der Waals surface area contributed by atoms with Crippen LogP contribution in [0.15, 0.2) is 12.7 Å². The largest absolute Gasteiger partial charge is 0.361 e. The zero-order chi connectivity index (χ0) is 10.8. The van der Waals surface area contributed by atoms with Crippen molar-refractivity contribution in [2.24, 2.45) is 5.92 Å². The fourth-order valence-corrected chi connectivity index (χ4v) is 2.14. The monoisotopic (exact) mass is 196 g/mol. The fraction of sp³-hybridized carbons (Fsp3) is 0.750. The van der Waals surface area contributed by atoms with Gasteiger partial charge in [0.15, 0.2) is 6.29 Å². The summed E-state index contributed by atoms with van der Waals surface area (Å²) in [5.41, 5.74) is -0.745. The molecule has 0 aromatic rings. The Hall–Kier alpha value is -0.630. The van der Waals surface area contributed by atoms with Crippen molar-refractivity contribution in [2.75, 3.05) is 0 Å². The van der Waals surface area contributed by atoms with Crippen molar-refractivity contribution in [3.63, 3.8) is 0 Å². The topological polar surface area (TPSA) is 26.3 Å². The third kappa shape index (κ3) is 1.90. The molecule has 14 heavy (non-hydrogen) atoms. The van der Waals surface area contributed by atoms with Crippen molar-refractivity contribution in [2.45, 2.75) is 51.2 Å². The summed E-state index contributed by atoms with van der Waals surface area (Å²) >= 11 is 0. The van der Waals surface area contributed by atoms with Gasteiger partial charge in [-0.25, -0.2) is 0 Å². The fourth-order valence-electron chi connectivity index (χ4n) is 2.14. The van der Waals surface area contributed by atoms with Crippen molar-refractivity contribution in [3.05, 3.63) is 12.7 Å². The first-order valence-electron chi connectivity index (χ1n) is 5.25. The Kier molecular flexibility index (Phi) is 3.15. The van der Waals surface area contributed by atoms with Gasteiger partial charge in [-0.2, -0.15) is 0 Å². The molecule has 0 bridgehead atoms. The van der Waals surface area contributed by atoms with E-state index in [9.17, 15) is 4.79 Å². The Morgan fingerprint density at radius 3 is 2.50 bits per heavy atom. The van der Waals surface area contributed by atoms with E-state index in [1.54, 1.807) is 0 Å². The van der Waals surface area contributed by atoms with E-state index in [1.165, 1.54) is 0 Å². The predicted octanol–water partition coefficient (Wildman–Crippen LogP) is 2.73. The molecule has 0 amide bonds. The highest BCUT2D eigenvalue weighted by atomic mass is 16.5. The number of carbonyl (C=O) groups is 1. The highest BCUT2D eigenvalue weighted by Gasteiger charge is 2.47. The molecule has 2 heteroatoms. The maximum atomic E-state index is 10.9. The van der Waals surface area contributed by atoms with Crippen LogP contribution >= 0.6 is 0 Å². The van der Waals surface area contributed by atoms with Gasteiger partial charge in [0.2, 0.25) is 0 Å². The molecule has 0 saturated carbocycles. The van der Waals surface area contributed by atoms with E-state index < -0.39 is 5.60 Å². The SMILES string of the molecule is C=CC[C@]1(C(C)C)CC[C@](C)(C=O)O1. The van der Waals surface area contributed by atoms with E-state index in [0.717, 1.165) is 25.5 Å². The van der Waals surface area contributed by atoms with Gasteiger partial charge >= 0.3 is 0 Å². The van der Waals surface area contributed by atoms with Crippen molar-refractivity contribution >= 4 is 6.29 Å². The van der Waals surface area contributed by atoms with Crippen LogP contribution in [-0.4, -0.2) is 17.5 Å². The van der Waals surface area contributed by atoms with E-state index in [4.69, 9.17) is 4.74 Å². The van der Waals surface area contributed by atoms with Crippen molar-refractivity contribution in [1.82, 2.24) is 0 Å². The number of aldehydes is 1. The number of carbonyl (C=O) groups excluding carboxylic acids is 1. The molecular weight excluding hydrogens is 176 g/mol. The third-order valence-corrected chi connectivity index (χ3v) is 3.27. The lowest BCUT2D eigenvalue weighted by atomic mass is 9.84. The summed E-state index contributed by atoms with van der Waals surface area (Å²) in [4.78, 5) is 10.9. The minimum Gasteiger partial charge on any atom is -0.361 e. The molecule has 0 aromatic heterocycles. The van der Waals surface area contributed by atoms with E-state index in [-0.39, 0.29) is 5.60 Å². The summed E-state index contributed by atoms with van der Waals surface area (Å²) in [6.07, 6.45) is 5.42. The Bertz CT molecular complexity index is 234. The van der Waals surface area contributed by atoms with Crippen LogP contribution < -0.4 is 0 Å². The molecule has 1 aliphatic heterocycles. The summed E-state index contributed by atoms with van der Waals surface area (Å²) in [6, 6.07) is 0. The highest BCUT2D eigenvalue weighted by Crippen LogP contribution is 2.43. The molecular formula is C12H20O2. The van der Waals surface area contributed by atoms with E-state index >= 15 is 0 Å². The van der Waals surface area contributed by atoms with Gasteiger partial charge < -0.3 is 9.53 Å². The molecule has 80 valence electrons. The molecule has 0 aromatic carbocycles. The lowest BCUT2D eigenvalue weighted by Crippen LogP contribution is -2.38. The van der Waals surface area contributed by atoms with Crippen molar-refractivity contribution in [1.29, 1.82) is 0 Å². The van der Waals surface area contributed by atoms with Crippen LogP contribution in [0, 0.1) is 5.92 Å². The number of ether oxygens (including phenoxy) is 1. The van der Waals surface area contributed by atoms with Gasteiger partial charge in [-0.05, 0) is 32.1 Å². The van der Waals surface area contributed by atoms with Crippen LogP contribution in [0.2, 0.25) is 0 Å². The predicted molar refractivity (Wildman–Crippen MR) is 57.2 cm³/mol. The van der Waals surface area contributed by atoms with Gasteiger partial charge in [0.1, 0.15) is 5.60 Å². The molecule has 2 nitrogen and oxygen atoms in total. The molecule has 1 fully saturated rings. The van der Waals surface area contributed by atoms with Crippen LogP contribution in [0.5, 0.6) is 0 Å². The smallest absolute Gasteiger partial charge is 0.151 e. The zero-order valence-corrected chi connectivity index (χ0v) is 9.38. The standard InChI is InChI=1S/C12H20O2/c1-5-6-12(10(2)3)8-7-11(4,9-13)14-12/h5,9-10H,1,6-8H2,2-4H3/t11-,12-/m1/s1. The normalized spacial score (nSPS) is 37.4. The lowest BCUT2D eigenvalue weighted by Gasteiger charge is -2.34. The van der Waals surface area contributed by atoms with Gasteiger partial charge in [0, 0.05) is 0 Å². The van der Waals surface area contributed by atoms with Crippen LogP contribution in [0.1, 0.15) is 40.0 Å². The molecule has 0 radical (unpaired) electrons. The van der Waals surface area contributed by atoms with Gasteiger partial charge in [0.25, 0.3) is 0 Å². The van der Waals surface area contributed by atoms with Crippen molar-refractivity contribution < 1.29 is 9.53 Å². The van der Waals surface area contributed by atoms with Gasteiger partial charge in [-0.15, -0.1) is 6.58 Å². The van der Waals surface area contributed by atoms with Crippen LogP contribution in [-0.2, 0) is 9.53 Å². The first-order chi connectivity index (χ1) is 6.48. The molecule has 0 spiro atoms. The van der Waals surface area contributed by atoms with Crippen molar-refractivity contribution in [3.8, 4) is 0 Å². The first kappa shape index (κ1) is 11.4. The molecule has 1 heterocycles. The summed E-state index contributed by atoms with van der Waals surface area (Å²) < 4.78 is 5.95. The highest BCUT2D eigenvalue weighted by molar-refractivity contribution is 5.62. The molecule has 1 aliphatic rings. The van der Waals surface area contributed by atoms with Crippen LogP contribution in [0.3, 0.4) is 0 Å².